The summed E-state index contributed by atoms with van der Waals surface area (Å²) in [5, 5.41) is 9.12. The third-order valence-electron chi connectivity index (χ3n) is 2.88. The van der Waals surface area contributed by atoms with E-state index in [0.29, 0.717) is 12.1 Å². The van der Waals surface area contributed by atoms with Crippen LogP contribution in [0.4, 0.5) is 4.39 Å². The fourth-order valence-electron chi connectivity index (χ4n) is 1.27. The Kier molecular flexibility index (Phi) is 4.11. The quantitative estimate of drug-likeness (QED) is 0.904. The molecule has 17 heavy (non-hydrogen) atoms. The van der Waals surface area contributed by atoms with Crippen molar-refractivity contribution in [2.24, 2.45) is 0 Å². The summed E-state index contributed by atoms with van der Waals surface area (Å²) in [7, 11) is 1.68. The number of rotatable bonds is 4. The van der Waals surface area contributed by atoms with Gasteiger partial charge in [-0.2, -0.15) is 0 Å². The van der Waals surface area contributed by atoms with E-state index in [-0.39, 0.29) is 5.02 Å². The molecule has 1 aromatic carbocycles. The Labute approximate surface area is 105 Å². The Bertz CT molecular complexity index is 435. The van der Waals surface area contributed by atoms with E-state index in [1.54, 1.807) is 31.9 Å². The molecular weight excluding hydrogens is 245 g/mol. The molecule has 0 amide bonds. The van der Waals surface area contributed by atoms with Crippen molar-refractivity contribution >= 4 is 17.6 Å². The standard InChI is InChI=1S/C12H15ClFNO2/c1-12(2,11(16)17)15(3)7-8-4-5-9(13)10(14)6-8/h4-6H,7H2,1-3H3,(H,16,17). The van der Waals surface area contributed by atoms with E-state index < -0.39 is 17.3 Å². The molecule has 0 aliphatic rings. The highest BCUT2D eigenvalue weighted by atomic mass is 35.5. The van der Waals surface area contributed by atoms with Gasteiger partial charge in [-0.3, -0.25) is 9.69 Å². The topological polar surface area (TPSA) is 40.5 Å². The van der Waals surface area contributed by atoms with Gasteiger partial charge in [0.2, 0.25) is 0 Å². The van der Waals surface area contributed by atoms with Crippen LogP contribution in [0.15, 0.2) is 18.2 Å². The van der Waals surface area contributed by atoms with E-state index in [4.69, 9.17) is 16.7 Å². The summed E-state index contributed by atoms with van der Waals surface area (Å²) in [6.45, 7) is 3.54. The molecule has 0 aromatic heterocycles. The third kappa shape index (κ3) is 3.17. The minimum Gasteiger partial charge on any atom is -0.480 e. The van der Waals surface area contributed by atoms with Crippen molar-refractivity contribution in [3.8, 4) is 0 Å². The lowest BCUT2D eigenvalue weighted by Gasteiger charge is -2.31. The van der Waals surface area contributed by atoms with Gasteiger partial charge < -0.3 is 5.11 Å². The number of aliphatic carboxylic acids is 1. The predicted molar refractivity (Wildman–Crippen MR) is 64.6 cm³/mol. The van der Waals surface area contributed by atoms with E-state index in [2.05, 4.69) is 0 Å². The molecule has 0 spiro atoms. The molecule has 94 valence electrons. The average Bonchev–Trinajstić information content (AvgIpc) is 2.23. The molecule has 0 bridgehead atoms. The molecule has 5 heteroatoms. The number of benzene rings is 1. The zero-order valence-corrected chi connectivity index (χ0v) is 10.8. The lowest BCUT2D eigenvalue weighted by Crippen LogP contribution is -2.47. The van der Waals surface area contributed by atoms with Crippen LogP contribution >= 0.6 is 11.6 Å². The number of halogens is 2. The monoisotopic (exact) mass is 259 g/mol. The fourth-order valence-corrected chi connectivity index (χ4v) is 1.39. The summed E-state index contributed by atoms with van der Waals surface area (Å²) in [5.74, 6) is -1.42. The second-order valence-corrected chi connectivity index (χ2v) is 4.88. The van der Waals surface area contributed by atoms with Crippen LogP contribution in [-0.4, -0.2) is 28.6 Å². The molecule has 1 N–H and O–H groups in total. The molecule has 1 aromatic rings. The van der Waals surface area contributed by atoms with Gasteiger partial charge in [0.15, 0.2) is 0 Å². The maximum atomic E-state index is 13.2. The summed E-state index contributed by atoms with van der Waals surface area (Å²) < 4.78 is 13.2. The number of likely N-dealkylation sites (N-methyl/N-ethyl adjacent to an activating group) is 1. The zero-order valence-electron chi connectivity index (χ0n) is 10.00. The van der Waals surface area contributed by atoms with Gasteiger partial charge in [-0.15, -0.1) is 0 Å². The minimum absolute atomic E-state index is 0.0638. The van der Waals surface area contributed by atoms with Gasteiger partial charge in [0.25, 0.3) is 0 Å². The molecule has 0 saturated heterocycles. The maximum absolute atomic E-state index is 13.2. The highest BCUT2D eigenvalue weighted by Crippen LogP contribution is 2.19. The van der Waals surface area contributed by atoms with Gasteiger partial charge in [-0.05, 0) is 38.6 Å². The first-order valence-electron chi connectivity index (χ1n) is 5.13. The van der Waals surface area contributed by atoms with E-state index in [0.717, 1.165) is 0 Å². The molecule has 0 saturated carbocycles. The number of hydrogen-bond donors (Lipinski definition) is 1. The van der Waals surface area contributed by atoms with Gasteiger partial charge in [0.05, 0.1) is 5.02 Å². The minimum atomic E-state index is -1.00. The summed E-state index contributed by atoms with van der Waals surface area (Å²) >= 11 is 5.57. The average molecular weight is 260 g/mol. The molecule has 1 rings (SSSR count). The molecule has 0 aliphatic heterocycles. The third-order valence-corrected chi connectivity index (χ3v) is 3.19. The number of nitrogens with zero attached hydrogens (tertiary/aromatic N) is 1. The van der Waals surface area contributed by atoms with Gasteiger partial charge in [0.1, 0.15) is 11.4 Å². The van der Waals surface area contributed by atoms with Crippen LogP contribution in [0.3, 0.4) is 0 Å². The molecule has 0 unspecified atom stereocenters. The Hall–Kier alpha value is -1.13. The normalized spacial score (nSPS) is 11.9. The van der Waals surface area contributed by atoms with Crippen molar-refractivity contribution in [2.75, 3.05) is 7.05 Å². The smallest absolute Gasteiger partial charge is 0.323 e. The molecule has 0 radical (unpaired) electrons. The van der Waals surface area contributed by atoms with Crippen molar-refractivity contribution in [1.82, 2.24) is 4.90 Å². The van der Waals surface area contributed by atoms with Gasteiger partial charge in [-0.1, -0.05) is 17.7 Å². The predicted octanol–water partition coefficient (Wildman–Crippen LogP) is 2.77. The first-order valence-corrected chi connectivity index (χ1v) is 5.51. The highest BCUT2D eigenvalue weighted by molar-refractivity contribution is 6.30. The SMILES string of the molecule is CN(Cc1ccc(Cl)c(F)c1)C(C)(C)C(=O)O. The molecule has 0 aliphatic carbocycles. The number of carboxylic acid groups (broad SMARTS) is 1. The van der Waals surface area contributed by atoms with Gasteiger partial charge >= 0.3 is 5.97 Å². The Balaban J connectivity index is 2.84. The fraction of sp³-hybridized carbons (Fsp3) is 0.417. The van der Waals surface area contributed by atoms with Crippen molar-refractivity contribution in [2.45, 2.75) is 25.9 Å². The summed E-state index contributed by atoms with van der Waals surface area (Å²) in [6.07, 6.45) is 0. The van der Waals surface area contributed by atoms with Crippen molar-refractivity contribution in [3.63, 3.8) is 0 Å². The van der Waals surface area contributed by atoms with Crippen LogP contribution in [-0.2, 0) is 11.3 Å². The molecule has 0 atom stereocenters. The van der Waals surface area contributed by atoms with Crippen LogP contribution < -0.4 is 0 Å². The maximum Gasteiger partial charge on any atom is 0.323 e. The van der Waals surface area contributed by atoms with E-state index >= 15 is 0 Å². The molecular formula is C12H15ClFNO2. The molecule has 0 fully saturated rings. The summed E-state index contributed by atoms with van der Waals surface area (Å²) in [6, 6.07) is 4.46. The second kappa shape index (κ2) is 5.02. The molecule has 0 heterocycles. The Morgan fingerprint density at radius 3 is 2.59 bits per heavy atom. The van der Waals surface area contributed by atoms with Crippen molar-refractivity contribution in [1.29, 1.82) is 0 Å². The first-order chi connectivity index (χ1) is 7.75. The largest absolute Gasteiger partial charge is 0.480 e. The highest BCUT2D eigenvalue weighted by Gasteiger charge is 2.31. The lowest BCUT2D eigenvalue weighted by molar-refractivity contribution is -0.148. The summed E-state index contributed by atoms with van der Waals surface area (Å²) in [5.41, 5.74) is -0.320. The first kappa shape index (κ1) is 13.9. The number of hydrogen-bond acceptors (Lipinski definition) is 2. The Morgan fingerprint density at radius 2 is 2.12 bits per heavy atom. The second-order valence-electron chi connectivity index (χ2n) is 4.47. The van der Waals surface area contributed by atoms with Crippen LogP contribution in [0.25, 0.3) is 0 Å². The van der Waals surface area contributed by atoms with Crippen LogP contribution in [0, 0.1) is 5.82 Å². The summed E-state index contributed by atoms with van der Waals surface area (Å²) in [4.78, 5) is 12.7. The van der Waals surface area contributed by atoms with E-state index in [9.17, 15) is 9.18 Å². The van der Waals surface area contributed by atoms with E-state index in [1.807, 2.05) is 0 Å². The van der Waals surface area contributed by atoms with Gasteiger partial charge in [-0.25, -0.2) is 4.39 Å². The lowest BCUT2D eigenvalue weighted by atomic mass is 10.0. The zero-order chi connectivity index (χ0) is 13.2. The van der Waals surface area contributed by atoms with Crippen LogP contribution in [0.5, 0.6) is 0 Å². The molecule has 3 nitrogen and oxygen atoms in total. The number of carbonyl (C=O) groups is 1. The van der Waals surface area contributed by atoms with Crippen LogP contribution in [0.2, 0.25) is 5.02 Å². The van der Waals surface area contributed by atoms with Crippen molar-refractivity contribution in [3.05, 3.63) is 34.6 Å². The van der Waals surface area contributed by atoms with Crippen LogP contribution in [0.1, 0.15) is 19.4 Å². The van der Waals surface area contributed by atoms with Gasteiger partial charge in [0, 0.05) is 6.54 Å². The Morgan fingerprint density at radius 1 is 1.53 bits per heavy atom. The number of carboxylic acids is 1. The van der Waals surface area contributed by atoms with Crippen molar-refractivity contribution < 1.29 is 14.3 Å². The van der Waals surface area contributed by atoms with E-state index in [1.165, 1.54) is 12.1 Å².